The smallest absolute Gasteiger partial charge is 0.283 e. The quantitative estimate of drug-likeness (QED) is 0.563. The lowest BCUT2D eigenvalue weighted by Crippen LogP contribution is -2.33. The van der Waals surface area contributed by atoms with E-state index in [4.69, 9.17) is 11.6 Å². The van der Waals surface area contributed by atoms with Crippen LogP contribution in [0.3, 0.4) is 0 Å². The molecule has 11 heteroatoms. The first-order chi connectivity index (χ1) is 11.8. The van der Waals surface area contributed by atoms with Crippen LogP contribution in [0.25, 0.3) is 0 Å². The summed E-state index contributed by atoms with van der Waals surface area (Å²) in [5, 5.41) is 9.13. The molecule has 138 valence electrons. The Morgan fingerprint density at radius 2 is 2.04 bits per heavy atom. The highest BCUT2D eigenvalue weighted by molar-refractivity contribution is 6.32. The van der Waals surface area contributed by atoms with E-state index in [1.165, 1.54) is 6.92 Å². The standard InChI is InChI=1S/C14H16ClF4N5O/c1-8(14(25)20-4-2-6-23-7-3-5-21-23)24-11(13(18)19)9(15)10(22-24)12(16)17/h3,5,7-8,12-13H,2,4,6H2,1H3,(H,20,25). The minimum Gasteiger partial charge on any atom is -0.354 e. The number of carbonyl (C=O) groups excluding carboxylic acids is 1. The molecule has 0 radical (unpaired) electrons. The molecule has 0 spiro atoms. The first kappa shape index (κ1) is 19.2. The fourth-order valence-corrected chi connectivity index (χ4v) is 2.51. The number of rotatable bonds is 8. The van der Waals surface area contributed by atoms with E-state index in [2.05, 4.69) is 15.5 Å². The normalized spacial score (nSPS) is 12.8. The van der Waals surface area contributed by atoms with E-state index in [0.29, 0.717) is 17.6 Å². The van der Waals surface area contributed by atoms with Gasteiger partial charge < -0.3 is 5.32 Å². The van der Waals surface area contributed by atoms with Crippen molar-refractivity contribution in [2.24, 2.45) is 0 Å². The van der Waals surface area contributed by atoms with Gasteiger partial charge in [-0.3, -0.25) is 9.48 Å². The molecule has 1 N–H and O–H groups in total. The molecule has 1 atom stereocenters. The predicted molar refractivity (Wildman–Crippen MR) is 81.7 cm³/mol. The van der Waals surface area contributed by atoms with Crippen molar-refractivity contribution in [3.05, 3.63) is 34.9 Å². The molecule has 0 bridgehead atoms. The Morgan fingerprint density at radius 3 is 2.60 bits per heavy atom. The first-order valence-electron chi connectivity index (χ1n) is 7.42. The topological polar surface area (TPSA) is 64.7 Å². The van der Waals surface area contributed by atoms with Crippen LogP contribution in [-0.2, 0) is 11.3 Å². The number of nitrogens with one attached hydrogen (secondary N) is 1. The number of halogens is 5. The van der Waals surface area contributed by atoms with Crippen LogP contribution in [0.1, 0.15) is 43.6 Å². The lowest BCUT2D eigenvalue weighted by Gasteiger charge is -2.15. The molecule has 2 rings (SSSR count). The van der Waals surface area contributed by atoms with Crippen molar-refractivity contribution in [2.75, 3.05) is 6.54 Å². The van der Waals surface area contributed by atoms with Crippen LogP contribution in [0.15, 0.2) is 18.5 Å². The molecule has 2 aromatic heterocycles. The lowest BCUT2D eigenvalue weighted by molar-refractivity contribution is -0.124. The maximum atomic E-state index is 13.1. The average Bonchev–Trinajstić information content (AvgIpc) is 3.17. The van der Waals surface area contributed by atoms with Crippen LogP contribution < -0.4 is 5.32 Å². The number of hydrogen-bond acceptors (Lipinski definition) is 3. The molecule has 25 heavy (non-hydrogen) atoms. The Bertz CT molecular complexity index is 704. The number of alkyl halides is 4. The summed E-state index contributed by atoms with van der Waals surface area (Å²) in [6.45, 7) is 2.12. The molecule has 2 aromatic rings. The van der Waals surface area contributed by atoms with Crippen molar-refractivity contribution in [2.45, 2.75) is 38.8 Å². The van der Waals surface area contributed by atoms with E-state index in [0.717, 1.165) is 0 Å². The van der Waals surface area contributed by atoms with E-state index in [-0.39, 0.29) is 6.54 Å². The number of aryl methyl sites for hydroxylation is 1. The summed E-state index contributed by atoms with van der Waals surface area (Å²) < 4.78 is 54.1. The Balaban J connectivity index is 2.02. The van der Waals surface area contributed by atoms with Gasteiger partial charge in [-0.15, -0.1) is 0 Å². The Morgan fingerprint density at radius 1 is 1.32 bits per heavy atom. The van der Waals surface area contributed by atoms with Crippen LogP contribution >= 0.6 is 11.6 Å². The second-order valence-corrected chi connectivity index (χ2v) is 5.60. The summed E-state index contributed by atoms with van der Waals surface area (Å²) in [6, 6.07) is 0.549. The molecular formula is C14H16ClF4N5O. The summed E-state index contributed by atoms with van der Waals surface area (Å²) in [4.78, 5) is 12.1. The van der Waals surface area contributed by atoms with E-state index < -0.39 is 41.2 Å². The molecule has 0 aliphatic rings. The van der Waals surface area contributed by atoms with Crippen LogP contribution in [0.5, 0.6) is 0 Å². The summed E-state index contributed by atoms with van der Waals surface area (Å²) in [6.07, 6.45) is -2.31. The number of aromatic nitrogens is 4. The van der Waals surface area contributed by atoms with Crippen LogP contribution in [-0.4, -0.2) is 32.0 Å². The molecule has 2 heterocycles. The zero-order valence-corrected chi connectivity index (χ0v) is 13.9. The molecule has 1 amide bonds. The predicted octanol–water partition coefficient (Wildman–Crippen LogP) is 3.38. The van der Waals surface area contributed by atoms with Gasteiger partial charge in [0.2, 0.25) is 5.91 Å². The van der Waals surface area contributed by atoms with Crippen molar-refractivity contribution in [1.82, 2.24) is 24.9 Å². The maximum absolute atomic E-state index is 13.1. The zero-order chi connectivity index (χ0) is 18.6. The molecule has 0 aliphatic carbocycles. The minimum absolute atomic E-state index is 0.268. The molecule has 6 nitrogen and oxygen atoms in total. The fourth-order valence-electron chi connectivity index (χ4n) is 2.22. The van der Waals surface area contributed by atoms with E-state index >= 15 is 0 Å². The van der Waals surface area contributed by atoms with Crippen molar-refractivity contribution in [3.63, 3.8) is 0 Å². The van der Waals surface area contributed by atoms with Gasteiger partial charge in [0, 0.05) is 25.5 Å². The minimum atomic E-state index is -3.14. The second kappa shape index (κ2) is 8.32. The number of amides is 1. The van der Waals surface area contributed by atoms with Crippen molar-refractivity contribution >= 4 is 17.5 Å². The van der Waals surface area contributed by atoms with Gasteiger partial charge >= 0.3 is 0 Å². The third kappa shape index (κ3) is 4.50. The van der Waals surface area contributed by atoms with Gasteiger partial charge in [0.05, 0.1) is 5.02 Å². The fraction of sp³-hybridized carbons (Fsp3) is 0.500. The molecule has 0 aromatic carbocycles. The second-order valence-electron chi connectivity index (χ2n) is 5.22. The highest BCUT2D eigenvalue weighted by atomic mass is 35.5. The SMILES string of the molecule is CC(C(=O)NCCCn1cccn1)n1nc(C(F)F)c(Cl)c1C(F)F. The molecule has 0 aliphatic heterocycles. The highest BCUT2D eigenvalue weighted by Gasteiger charge is 2.31. The summed E-state index contributed by atoms with van der Waals surface area (Å²) in [7, 11) is 0. The van der Waals surface area contributed by atoms with Gasteiger partial charge in [0.25, 0.3) is 12.9 Å². The van der Waals surface area contributed by atoms with Gasteiger partial charge in [-0.1, -0.05) is 11.6 Å². The highest BCUT2D eigenvalue weighted by Crippen LogP contribution is 2.36. The summed E-state index contributed by atoms with van der Waals surface area (Å²) in [5.74, 6) is -0.623. The van der Waals surface area contributed by atoms with Crippen LogP contribution in [0, 0.1) is 0 Å². The van der Waals surface area contributed by atoms with Crippen molar-refractivity contribution < 1.29 is 22.4 Å². The summed E-state index contributed by atoms with van der Waals surface area (Å²) >= 11 is 5.57. The summed E-state index contributed by atoms with van der Waals surface area (Å²) in [5.41, 5.74) is -1.86. The third-order valence-corrected chi connectivity index (χ3v) is 3.88. The van der Waals surface area contributed by atoms with Crippen molar-refractivity contribution in [3.8, 4) is 0 Å². The Hall–Kier alpha value is -2.10. The van der Waals surface area contributed by atoms with Crippen molar-refractivity contribution in [1.29, 1.82) is 0 Å². The maximum Gasteiger partial charge on any atom is 0.283 e. The molecule has 0 fully saturated rings. The van der Waals surface area contributed by atoms with E-state index in [9.17, 15) is 22.4 Å². The Labute approximate surface area is 145 Å². The molecular weight excluding hydrogens is 366 g/mol. The average molecular weight is 382 g/mol. The Kier molecular flexibility index (Phi) is 6.40. The number of hydrogen-bond donors (Lipinski definition) is 1. The molecule has 1 unspecified atom stereocenters. The number of nitrogens with zero attached hydrogens (tertiary/aromatic N) is 4. The van der Waals surface area contributed by atoms with E-state index in [1.807, 2.05) is 0 Å². The van der Waals surface area contributed by atoms with Gasteiger partial charge in [0.15, 0.2) is 0 Å². The largest absolute Gasteiger partial charge is 0.354 e. The monoisotopic (exact) mass is 381 g/mol. The van der Waals surface area contributed by atoms with E-state index in [1.54, 1.807) is 23.1 Å². The lowest BCUT2D eigenvalue weighted by atomic mass is 10.3. The molecule has 0 saturated heterocycles. The van der Waals surface area contributed by atoms with Gasteiger partial charge in [0.1, 0.15) is 17.4 Å². The van der Waals surface area contributed by atoms with Gasteiger partial charge in [-0.05, 0) is 19.4 Å². The first-order valence-corrected chi connectivity index (χ1v) is 7.80. The van der Waals surface area contributed by atoms with Gasteiger partial charge in [-0.25, -0.2) is 22.2 Å². The molecule has 0 saturated carbocycles. The van der Waals surface area contributed by atoms with Crippen LogP contribution in [0.4, 0.5) is 17.6 Å². The van der Waals surface area contributed by atoms with Crippen LogP contribution in [0.2, 0.25) is 5.02 Å². The van der Waals surface area contributed by atoms with Gasteiger partial charge in [-0.2, -0.15) is 10.2 Å². The third-order valence-electron chi connectivity index (χ3n) is 3.49. The zero-order valence-electron chi connectivity index (χ0n) is 13.2. The number of carbonyl (C=O) groups is 1.